The molecule has 0 atom stereocenters. The van der Waals surface area contributed by atoms with E-state index in [2.05, 4.69) is 4.98 Å². The summed E-state index contributed by atoms with van der Waals surface area (Å²) in [6, 6.07) is 17.1. The standard InChI is InChI=1S/C20H17N3O4/c1-22(20(24)27-19-7-5-18(6-8-19)23(25)26)14-15-3-2-4-17(13-15)16-9-11-21-12-10-16/h2-13H,14H2,1H3. The van der Waals surface area contributed by atoms with Crippen molar-refractivity contribution in [2.24, 2.45) is 0 Å². The molecule has 0 N–H and O–H groups in total. The maximum Gasteiger partial charge on any atom is 0.415 e. The van der Waals surface area contributed by atoms with Crippen LogP contribution in [-0.4, -0.2) is 27.9 Å². The molecule has 27 heavy (non-hydrogen) atoms. The molecule has 0 aliphatic heterocycles. The number of aromatic nitrogens is 1. The third-order valence-electron chi connectivity index (χ3n) is 3.92. The summed E-state index contributed by atoms with van der Waals surface area (Å²) in [6.45, 7) is 0.366. The number of ether oxygens (including phenoxy) is 1. The van der Waals surface area contributed by atoms with Crippen LogP contribution in [0.15, 0.2) is 73.1 Å². The van der Waals surface area contributed by atoms with E-state index >= 15 is 0 Å². The Morgan fingerprint density at radius 1 is 1.07 bits per heavy atom. The normalized spacial score (nSPS) is 10.3. The Kier molecular flexibility index (Phi) is 5.41. The van der Waals surface area contributed by atoms with Gasteiger partial charge in [0.2, 0.25) is 0 Å². The summed E-state index contributed by atoms with van der Waals surface area (Å²) in [5.41, 5.74) is 2.97. The lowest BCUT2D eigenvalue weighted by Gasteiger charge is -2.17. The number of hydrogen-bond donors (Lipinski definition) is 0. The third kappa shape index (κ3) is 4.66. The summed E-state index contributed by atoms with van der Waals surface area (Å²) < 4.78 is 5.25. The zero-order valence-corrected chi connectivity index (χ0v) is 14.6. The Balaban J connectivity index is 1.65. The molecule has 0 saturated carbocycles. The molecular formula is C20H17N3O4. The minimum atomic E-state index is -0.543. The number of carbonyl (C=O) groups is 1. The van der Waals surface area contributed by atoms with Crippen molar-refractivity contribution in [2.75, 3.05) is 7.05 Å². The highest BCUT2D eigenvalue weighted by Crippen LogP contribution is 2.21. The maximum atomic E-state index is 12.3. The van der Waals surface area contributed by atoms with Gasteiger partial charge in [-0.2, -0.15) is 0 Å². The number of pyridine rings is 1. The molecule has 0 saturated heterocycles. The second-order valence-electron chi connectivity index (χ2n) is 5.91. The number of benzene rings is 2. The quantitative estimate of drug-likeness (QED) is 0.499. The number of nitrogens with zero attached hydrogens (tertiary/aromatic N) is 3. The molecule has 7 nitrogen and oxygen atoms in total. The lowest BCUT2D eigenvalue weighted by molar-refractivity contribution is -0.384. The van der Waals surface area contributed by atoms with Crippen molar-refractivity contribution >= 4 is 11.8 Å². The van der Waals surface area contributed by atoms with Crippen LogP contribution in [0.25, 0.3) is 11.1 Å². The molecule has 0 aliphatic carbocycles. The Morgan fingerprint density at radius 3 is 2.44 bits per heavy atom. The fourth-order valence-corrected chi connectivity index (χ4v) is 2.55. The van der Waals surface area contributed by atoms with Gasteiger partial charge in [-0.15, -0.1) is 0 Å². The first kappa shape index (κ1) is 18.1. The van der Waals surface area contributed by atoms with E-state index in [0.717, 1.165) is 16.7 Å². The first-order chi connectivity index (χ1) is 13.0. The van der Waals surface area contributed by atoms with Crippen molar-refractivity contribution in [2.45, 2.75) is 6.54 Å². The topological polar surface area (TPSA) is 85.6 Å². The minimum absolute atomic E-state index is 0.0592. The second kappa shape index (κ2) is 8.09. The van der Waals surface area contributed by atoms with Gasteiger partial charge in [0, 0.05) is 38.1 Å². The lowest BCUT2D eigenvalue weighted by atomic mass is 10.0. The molecule has 0 radical (unpaired) electrons. The number of nitro benzene ring substituents is 1. The van der Waals surface area contributed by atoms with Crippen molar-refractivity contribution in [3.8, 4) is 16.9 Å². The van der Waals surface area contributed by atoms with Crippen molar-refractivity contribution in [1.29, 1.82) is 0 Å². The van der Waals surface area contributed by atoms with Gasteiger partial charge in [-0.3, -0.25) is 15.1 Å². The number of carbonyl (C=O) groups excluding carboxylic acids is 1. The molecule has 3 rings (SSSR count). The van der Waals surface area contributed by atoms with E-state index in [-0.39, 0.29) is 11.4 Å². The van der Waals surface area contributed by atoms with Crippen LogP contribution < -0.4 is 4.74 Å². The highest BCUT2D eigenvalue weighted by atomic mass is 16.6. The van der Waals surface area contributed by atoms with Gasteiger partial charge in [0.25, 0.3) is 5.69 Å². The molecular weight excluding hydrogens is 346 g/mol. The van der Waals surface area contributed by atoms with E-state index in [0.29, 0.717) is 6.54 Å². The molecule has 0 spiro atoms. The first-order valence-corrected chi connectivity index (χ1v) is 8.19. The Morgan fingerprint density at radius 2 is 1.78 bits per heavy atom. The summed E-state index contributed by atoms with van der Waals surface area (Å²) in [5.74, 6) is 0.253. The van der Waals surface area contributed by atoms with Crippen LogP contribution in [-0.2, 0) is 6.54 Å². The summed E-state index contributed by atoms with van der Waals surface area (Å²) in [7, 11) is 1.63. The van der Waals surface area contributed by atoms with Gasteiger partial charge in [-0.1, -0.05) is 18.2 Å². The zero-order valence-electron chi connectivity index (χ0n) is 14.6. The van der Waals surface area contributed by atoms with Gasteiger partial charge in [0.1, 0.15) is 5.75 Å². The molecule has 0 bridgehead atoms. The number of hydrogen-bond acceptors (Lipinski definition) is 5. The van der Waals surface area contributed by atoms with E-state index in [1.807, 2.05) is 36.4 Å². The summed E-state index contributed by atoms with van der Waals surface area (Å²) in [4.78, 5) is 27.9. The smallest absolute Gasteiger partial charge is 0.410 e. The lowest BCUT2D eigenvalue weighted by Crippen LogP contribution is -2.29. The van der Waals surface area contributed by atoms with Crippen molar-refractivity contribution in [3.05, 3.63) is 88.7 Å². The largest absolute Gasteiger partial charge is 0.415 e. The predicted molar refractivity (Wildman–Crippen MR) is 100 cm³/mol. The van der Waals surface area contributed by atoms with Crippen molar-refractivity contribution in [3.63, 3.8) is 0 Å². The Bertz CT molecular complexity index is 943. The monoisotopic (exact) mass is 363 g/mol. The van der Waals surface area contributed by atoms with Crippen LogP contribution in [0.4, 0.5) is 10.5 Å². The molecule has 1 aromatic heterocycles. The fraction of sp³-hybridized carbons (Fsp3) is 0.100. The van der Waals surface area contributed by atoms with Crippen LogP contribution in [0.2, 0.25) is 0 Å². The number of rotatable bonds is 5. The van der Waals surface area contributed by atoms with E-state index in [9.17, 15) is 14.9 Å². The van der Waals surface area contributed by atoms with E-state index < -0.39 is 11.0 Å². The number of non-ortho nitro benzene ring substituents is 1. The molecule has 3 aromatic rings. The van der Waals surface area contributed by atoms with E-state index in [4.69, 9.17) is 4.74 Å². The van der Waals surface area contributed by atoms with E-state index in [1.54, 1.807) is 19.4 Å². The maximum absolute atomic E-state index is 12.3. The summed E-state index contributed by atoms with van der Waals surface area (Å²) >= 11 is 0. The van der Waals surface area contributed by atoms with Crippen LogP contribution in [0, 0.1) is 10.1 Å². The molecule has 0 unspecified atom stereocenters. The number of nitro groups is 1. The van der Waals surface area contributed by atoms with Crippen LogP contribution >= 0.6 is 0 Å². The SMILES string of the molecule is CN(Cc1cccc(-c2ccncc2)c1)C(=O)Oc1ccc([N+](=O)[O-])cc1. The molecule has 1 amide bonds. The van der Waals surface area contributed by atoms with Crippen LogP contribution in [0.1, 0.15) is 5.56 Å². The fourth-order valence-electron chi connectivity index (χ4n) is 2.55. The molecule has 0 aliphatic rings. The van der Waals surface area contributed by atoms with E-state index in [1.165, 1.54) is 29.2 Å². The third-order valence-corrected chi connectivity index (χ3v) is 3.92. The molecule has 7 heteroatoms. The number of amides is 1. The van der Waals surface area contributed by atoms with Gasteiger partial charge in [0.15, 0.2) is 0 Å². The molecule has 0 fully saturated rings. The summed E-state index contributed by atoms with van der Waals surface area (Å²) in [5, 5.41) is 10.7. The minimum Gasteiger partial charge on any atom is -0.410 e. The van der Waals surface area contributed by atoms with Gasteiger partial charge in [0.05, 0.1) is 4.92 Å². The molecule has 2 aromatic carbocycles. The molecule has 136 valence electrons. The van der Waals surface area contributed by atoms with Gasteiger partial charge < -0.3 is 9.64 Å². The van der Waals surface area contributed by atoms with Crippen molar-refractivity contribution in [1.82, 2.24) is 9.88 Å². The molecule has 1 heterocycles. The second-order valence-corrected chi connectivity index (χ2v) is 5.91. The average molecular weight is 363 g/mol. The highest BCUT2D eigenvalue weighted by Gasteiger charge is 2.13. The van der Waals surface area contributed by atoms with Gasteiger partial charge in [-0.25, -0.2) is 4.79 Å². The van der Waals surface area contributed by atoms with Gasteiger partial charge in [-0.05, 0) is 47.0 Å². The first-order valence-electron chi connectivity index (χ1n) is 8.19. The predicted octanol–water partition coefficient (Wildman–Crippen LogP) is 4.29. The summed E-state index contributed by atoms with van der Waals surface area (Å²) in [6.07, 6.45) is 2.92. The van der Waals surface area contributed by atoms with Crippen LogP contribution in [0.5, 0.6) is 5.75 Å². The zero-order chi connectivity index (χ0) is 19.2. The average Bonchev–Trinajstić information content (AvgIpc) is 2.69. The highest BCUT2D eigenvalue weighted by molar-refractivity contribution is 5.70. The van der Waals surface area contributed by atoms with Crippen molar-refractivity contribution < 1.29 is 14.5 Å². The Labute approximate surface area is 156 Å². The van der Waals surface area contributed by atoms with Crippen LogP contribution in [0.3, 0.4) is 0 Å². The van der Waals surface area contributed by atoms with Gasteiger partial charge >= 0.3 is 6.09 Å². The Hall–Kier alpha value is -3.74.